The molecule has 2 aromatic rings. The highest BCUT2D eigenvalue weighted by molar-refractivity contribution is 5.95. The predicted molar refractivity (Wildman–Crippen MR) is 119 cm³/mol. The van der Waals surface area contributed by atoms with Crippen LogP contribution in [0, 0.1) is 13.8 Å². The molecular weight excluding hydrogens is 449 g/mol. The Bertz CT molecular complexity index is 1120. The van der Waals surface area contributed by atoms with Crippen LogP contribution in [0.4, 0.5) is 19.0 Å². The smallest absolute Gasteiger partial charge is 0.416 e. The number of benzene rings is 1. The number of amides is 1. The molecule has 0 radical (unpaired) electrons. The molecule has 0 unspecified atom stereocenters. The van der Waals surface area contributed by atoms with Crippen molar-refractivity contribution >= 4 is 11.7 Å². The van der Waals surface area contributed by atoms with Gasteiger partial charge in [0.15, 0.2) is 0 Å². The third kappa shape index (κ3) is 5.10. The van der Waals surface area contributed by atoms with Crippen LogP contribution in [0.2, 0.25) is 0 Å². The van der Waals surface area contributed by atoms with Crippen molar-refractivity contribution in [2.24, 2.45) is 0 Å². The predicted octanol–water partition coefficient (Wildman–Crippen LogP) is 4.95. The third-order valence-corrected chi connectivity index (χ3v) is 6.14. The summed E-state index contributed by atoms with van der Waals surface area (Å²) >= 11 is 0. The summed E-state index contributed by atoms with van der Waals surface area (Å²) in [5, 5.41) is 6.21. The molecule has 2 heterocycles. The number of hydrogen-bond acceptors (Lipinski definition) is 6. The van der Waals surface area contributed by atoms with Crippen molar-refractivity contribution < 1.29 is 27.4 Å². The quantitative estimate of drug-likeness (QED) is 0.588. The molecule has 1 aromatic heterocycles. The van der Waals surface area contributed by atoms with Crippen LogP contribution in [-0.2, 0) is 22.1 Å². The van der Waals surface area contributed by atoms with E-state index in [0.29, 0.717) is 22.8 Å². The van der Waals surface area contributed by atoms with Crippen molar-refractivity contribution in [2.45, 2.75) is 71.0 Å². The van der Waals surface area contributed by atoms with E-state index in [1.54, 1.807) is 19.9 Å². The monoisotopic (exact) mass is 476 g/mol. The molecule has 2 aliphatic rings. The van der Waals surface area contributed by atoms with Crippen LogP contribution in [0.5, 0.6) is 0 Å². The van der Waals surface area contributed by atoms with E-state index < -0.39 is 24.1 Å². The van der Waals surface area contributed by atoms with E-state index in [0.717, 1.165) is 18.9 Å². The largest absolute Gasteiger partial charge is 0.459 e. The van der Waals surface area contributed by atoms with Gasteiger partial charge in [-0.25, -0.2) is 9.97 Å². The fraction of sp³-hybridized carbons (Fsp3) is 0.458. The Labute approximate surface area is 195 Å². The Kier molecular flexibility index (Phi) is 6.18. The van der Waals surface area contributed by atoms with Crippen molar-refractivity contribution in [1.82, 2.24) is 15.3 Å². The van der Waals surface area contributed by atoms with Crippen LogP contribution in [0.1, 0.15) is 71.3 Å². The average molecular weight is 476 g/mol. The van der Waals surface area contributed by atoms with Crippen molar-refractivity contribution in [1.29, 1.82) is 0 Å². The molecule has 10 heteroatoms. The van der Waals surface area contributed by atoms with Crippen molar-refractivity contribution in [3.8, 4) is 0 Å². The Hall–Kier alpha value is -3.30. The summed E-state index contributed by atoms with van der Waals surface area (Å²) in [5.74, 6) is 0.371. The SMILES string of the molecule is Cc1nc(N[C@H](C)c2cccc(C(F)(F)F)c2C)c(CC2OC=CO2)c(C(=O)NC2(C)CC2)n1. The van der Waals surface area contributed by atoms with Crippen LogP contribution in [-0.4, -0.2) is 27.7 Å². The zero-order valence-electron chi connectivity index (χ0n) is 19.4. The van der Waals surface area contributed by atoms with Gasteiger partial charge in [0.1, 0.15) is 29.9 Å². The zero-order chi connectivity index (χ0) is 24.7. The Morgan fingerprint density at radius 3 is 2.50 bits per heavy atom. The van der Waals surface area contributed by atoms with Crippen LogP contribution >= 0.6 is 0 Å². The normalized spacial score (nSPS) is 17.6. The minimum Gasteiger partial charge on any atom is -0.459 e. The number of aryl methyl sites for hydroxylation is 1. The highest BCUT2D eigenvalue weighted by atomic mass is 19.4. The highest BCUT2D eigenvalue weighted by Crippen LogP contribution is 2.37. The molecule has 34 heavy (non-hydrogen) atoms. The molecule has 1 aliphatic carbocycles. The first kappa shape index (κ1) is 23.8. The maximum Gasteiger partial charge on any atom is 0.416 e. The van der Waals surface area contributed by atoms with Crippen LogP contribution in [0.3, 0.4) is 0 Å². The second-order valence-electron chi connectivity index (χ2n) is 9.02. The van der Waals surface area contributed by atoms with Gasteiger partial charge < -0.3 is 20.1 Å². The van der Waals surface area contributed by atoms with Gasteiger partial charge in [-0.1, -0.05) is 12.1 Å². The lowest BCUT2D eigenvalue weighted by Crippen LogP contribution is -2.36. The van der Waals surface area contributed by atoms with Gasteiger partial charge in [0.05, 0.1) is 18.0 Å². The average Bonchev–Trinajstić information content (AvgIpc) is 3.24. The van der Waals surface area contributed by atoms with Gasteiger partial charge >= 0.3 is 6.18 Å². The molecule has 1 aromatic carbocycles. The number of ether oxygens (including phenoxy) is 2. The van der Waals surface area contributed by atoms with Gasteiger partial charge in [0, 0.05) is 11.1 Å². The van der Waals surface area contributed by atoms with E-state index in [9.17, 15) is 18.0 Å². The van der Waals surface area contributed by atoms with Crippen LogP contribution in [0.25, 0.3) is 0 Å². The topological polar surface area (TPSA) is 85.4 Å². The summed E-state index contributed by atoms with van der Waals surface area (Å²) in [6.07, 6.45) is -0.366. The summed E-state index contributed by atoms with van der Waals surface area (Å²) in [6.45, 7) is 6.82. The molecule has 1 aliphatic heterocycles. The Morgan fingerprint density at radius 1 is 1.21 bits per heavy atom. The lowest BCUT2D eigenvalue weighted by Gasteiger charge is -2.23. The lowest BCUT2D eigenvalue weighted by molar-refractivity contribution is -0.138. The number of rotatable bonds is 7. The van der Waals surface area contributed by atoms with Gasteiger partial charge in [-0.15, -0.1) is 0 Å². The minimum atomic E-state index is -4.45. The number of aromatic nitrogens is 2. The number of carbonyl (C=O) groups is 1. The summed E-state index contributed by atoms with van der Waals surface area (Å²) in [5.41, 5.74) is 0.324. The number of hydrogen-bond donors (Lipinski definition) is 2. The summed E-state index contributed by atoms with van der Waals surface area (Å²) < 4.78 is 51.1. The standard InChI is InChI=1S/C24H27F3N4O3/c1-13-16(6-5-7-18(13)24(25,26)27)14(2)28-21-17(12-19-33-10-11-34-19)20(29-15(3)30-21)22(32)31-23(4)8-9-23/h5-7,10-11,14,19H,8-9,12H2,1-4H3,(H,31,32)(H,28,29,30)/t14-/m1/s1. The van der Waals surface area contributed by atoms with Gasteiger partial charge in [0.25, 0.3) is 5.91 Å². The van der Waals surface area contributed by atoms with Gasteiger partial charge in [-0.2, -0.15) is 13.2 Å². The van der Waals surface area contributed by atoms with E-state index in [1.807, 2.05) is 6.92 Å². The van der Waals surface area contributed by atoms with Crippen molar-refractivity contribution in [3.05, 3.63) is 64.5 Å². The second-order valence-corrected chi connectivity index (χ2v) is 9.02. The molecule has 182 valence electrons. The van der Waals surface area contributed by atoms with E-state index >= 15 is 0 Å². The number of alkyl halides is 3. The Balaban J connectivity index is 1.70. The molecule has 1 amide bonds. The molecule has 0 bridgehead atoms. The molecule has 1 fully saturated rings. The van der Waals surface area contributed by atoms with E-state index in [4.69, 9.17) is 9.47 Å². The van der Waals surface area contributed by atoms with E-state index in [-0.39, 0.29) is 29.1 Å². The van der Waals surface area contributed by atoms with Crippen LogP contribution < -0.4 is 10.6 Å². The molecule has 1 atom stereocenters. The summed E-state index contributed by atoms with van der Waals surface area (Å²) in [7, 11) is 0. The highest BCUT2D eigenvalue weighted by Gasteiger charge is 2.40. The first-order valence-electron chi connectivity index (χ1n) is 11.1. The molecule has 1 saturated carbocycles. The first-order valence-corrected chi connectivity index (χ1v) is 11.1. The number of anilines is 1. The lowest BCUT2D eigenvalue weighted by atomic mass is 9.97. The summed E-state index contributed by atoms with van der Waals surface area (Å²) in [6, 6.07) is 3.56. The fourth-order valence-corrected chi connectivity index (χ4v) is 3.99. The van der Waals surface area contributed by atoms with E-state index in [2.05, 4.69) is 20.6 Å². The maximum atomic E-state index is 13.4. The third-order valence-electron chi connectivity index (χ3n) is 6.14. The maximum absolute atomic E-state index is 13.4. The van der Waals surface area contributed by atoms with E-state index in [1.165, 1.54) is 25.5 Å². The van der Waals surface area contributed by atoms with Crippen molar-refractivity contribution in [2.75, 3.05) is 5.32 Å². The molecule has 7 nitrogen and oxygen atoms in total. The number of nitrogens with zero attached hydrogens (tertiary/aromatic N) is 2. The first-order chi connectivity index (χ1) is 16.0. The summed E-state index contributed by atoms with van der Waals surface area (Å²) in [4.78, 5) is 22.0. The number of nitrogens with one attached hydrogen (secondary N) is 2. The second kappa shape index (κ2) is 8.81. The van der Waals surface area contributed by atoms with Gasteiger partial charge in [-0.05, 0) is 57.7 Å². The molecule has 4 rings (SSSR count). The van der Waals surface area contributed by atoms with Crippen molar-refractivity contribution in [3.63, 3.8) is 0 Å². The van der Waals surface area contributed by atoms with Gasteiger partial charge in [0.2, 0.25) is 6.29 Å². The molecule has 2 N–H and O–H groups in total. The van der Waals surface area contributed by atoms with Crippen LogP contribution in [0.15, 0.2) is 30.7 Å². The molecule has 0 spiro atoms. The number of halogens is 3. The molecular formula is C24H27F3N4O3. The number of carbonyl (C=O) groups excluding carboxylic acids is 1. The molecule has 0 saturated heterocycles. The van der Waals surface area contributed by atoms with Gasteiger partial charge in [-0.3, -0.25) is 4.79 Å². The minimum absolute atomic E-state index is 0.133. The Morgan fingerprint density at radius 2 is 1.88 bits per heavy atom. The fourth-order valence-electron chi connectivity index (χ4n) is 3.99. The zero-order valence-corrected chi connectivity index (χ0v) is 19.4.